The fourth-order valence-corrected chi connectivity index (χ4v) is 2.97. The molecule has 0 radical (unpaired) electrons. The Kier molecular flexibility index (Phi) is 3.88. The Labute approximate surface area is 99.3 Å². The van der Waals surface area contributed by atoms with Crippen molar-refractivity contribution < 1.29 is 4.74 Å². The van der Waals surface area contributed by atoms with E-state index in [1.165, 1.54) is 19.4 Å². The van der Waals surface area contributed by atoms with Gasteiger partial charge in [0.25, 0.3) is 0 Å². The van der Waals surface area contributed by atoms with Gasteiger partial charge < -0.3 is 10.5 Å². The first-order valence-corrected chi connectivity index (χ1v) is 6.80. The SMILES string of the molecule is CCOC1CC(CN)(N(CC)CC2CC2)C1. The smallest absolute Gasteiger partial charge is 0.0611 e. The minimum absolute atomic E-state index is 0.261. The van der Waals surface area contributed by atoms with E-state index in [4.69, 9.17) is 10.5 Å². The minimum atomic E-state index is 0.261. The lowest BCUT2D eigenvalue weighted by atomic mass is 9.72. The number of hydrogen-bond donors (Lipinski definition) is 1. The normalized spacial score (nSPS) is 34.1. The summed E-state index contributed by atoms with van der Waals surface area (Å²) in [4.78, 5) is 2.61. The standard InChI is InChI=1S/C13H26N2O/c1-3-15(9-11-5-6-11)13(10-14)7-12(8-13)16-4-2/h11-12H,3-10,14H2,1-2H3. The van der Waals surface area contributed by atoms with E-state index in [9.17, 15) is 0 Å². The number of hydrogen-bond acceptors (Lipinski definition) is 3. The van der Waals surface area contributed by atoms with Crippen LogP contribution >= 0.6 is 0 Å². The third-order valence-electron chi connectivity index (χ3n) is 4.23. The second-order valence-electron chi connectivity index (χ2n) is 5.40. The van der Waals surface area contributed by atoms with Gasteiger partial charge in [0.05, 0.1) is 6.10 Å². The molecule has 2 aliphatic rings. The van der Waals surface area contributed by atoms with Gasteiger partial charge in [-0.15, -0.1) is 0 Å². The minimum Gasteiger partial charge on any atom is -0.378 e. The first-order chi connectivity index (χ1) is 7.74. The van der Waals surface area contributed by atoms with Crippen LogP contribution in [0.1, 0.15) is 39.5 Å². The van der Waals surface area contributed by atoms with Crippen LogP contribution in [0.25, 0.3) is 0 Å². The molecule has 0 bridgehead atoms. The van der Waals surface area contributed by atoms with Gasteiger partial charge in [0.1, 0.15) is 0 Å². The van der Waals surface area contributed by atoms with Crippen LogP contribution in [0, 0.1) is 5.92 Å². The highest BCUT2D eigenvalue weighted by molar-refractivity contribution is 5.05. The molecule has 0 aromatic carbocycles. The zero-order chi connectivity index (χ0) is 11.6. The van der Waals surface area contributed by atoms with Crippen molar-refractivity contribution in [2.75, 3.05) is 26.2 Å². The number of nitrogens with zero attached hydrogens (tertiary/aromatic N) is 1. The highest BCUT2D eigenvalue weighted by atomic mass is 16.5. The van der Waals surface area contributed by atoms with Gasteiger partial charge in [-0.3, -0.25) is 4.90 Å². The van der Waals surface area contributed by atoms with Crippen LogP contribution in [0.15, 0.2) is 0 Å². The van der Waals surface area contributed by atoms with Crippen molar-refractivity contribution in [2.24, 2.45) is 11.7 Å². The Morgan fingerprint density at radius 3 is 2.44 bits per heavy atom. The Morgan fingerprint density at radius 1 is 1.31 bits per heavy atom. The molecule has 16 heavy (non-hydrogen) atoms. The van der Waals surface area contributed by atoms with Crippen LogP contribution in [0.5, 0.6) is 0 Å². The fraction of sp³-hybridized carbons (Fsp3) is 1.00. The average molecular weight is 226 g/mol. The number of likely N-dealkylation sites (N-methyl/N-ethyl adjacent to an activating group) is 1. The highest BCUT2D eigenvalue weighted by Gasteiger charge is 2.48. The molecule has 0 saturated heterocycles. The molecule has 0 heterocycles. The second-order valence-corrected chi connectivity index (χ2v) is 5.40. The van der Waals surface area contributed by atoms with Gasteiger partial charge in [-0.25, -0.2) is 0 Å². The van der Waals surface area contributed by atoms with Gasteiger partial charge in [-0.1, -0.05) is 6.92 Å². The predicted molar refractivity (Wildman–Crippen MR) is 66.4 cm³/mol. The second kappa shape index (κ2) is 5.03. The molecule has 3 nitrogen and oxygen atoms in total. The molecule has 0 aromatic rings. The van der Waals surface area contributed by atoms with Crippen molar-refractivity contribution >= 4 is 0 Å². The van der Waals surface area contributed by atoms with E-state index < -0.39 is 0 Å². The van der Waals surface area contributed by atoms with E-state index in [-0.39, 0.29) is 5.54 Å². The van der Waals surface area contributed by atoms with Gasteiger partial charge in [-0.05, 0) is 45.1 Å². The summed E-state index contributed by atoms with van der Waals surface area (Å²) in [6.45, 7) is 8.34. The van der Waals surface area contributed by atoms with Gasteiger partial charge in [-0.2, -0.15) is 0 Å². The third-order valence-corrected chi connectivity index (χ3v) is 4.23. The van der Waals surface area contributed by atoms with Crippen molar-refractivity contribution in [3.63, 3.8) is 0 Å². The lowest BCUT2D eigenvalue weighted by Gasteiger charge is -2.53. The molecule has 0 aromatic heterocycles. The number of ether oxygens (including phenoxy) is 1. The van der Waals surface area contributed by atoms with Crippen LogP contribution in [0.3, 0.4) is 0 Å². The van der Waals surface area contributed by atoms with Gasteiger partial charge in [0.2, 0.25) is 0 Å². The summed E-state index contributed by atoms with van der Waals surface area (Å²) in [7, 11) is 0. The van der Waals surface area contributed by atoms with Crippen LogP contribution in [0.4, 0.5) is 0 Å². The van der Waals surface area contributed by atoms with Crippen molar-refractivity contribution in [3.05, 3.63) is 0 Å². The van der Waals surface area contributed by atoms with Crippen LogP contribution < -0.4 is 5.73 Å². The van der Waals surface area contributed by atoms with Gasteiger partial charge in [0, 0.05) is 25.2 Å². The lowest BCUT2D eigenvalue weighted by molar-refractivity contribution is -0.0998. The van der Waals surface area contributed by atoms with E-state index in [0.29, 0.717) is 6.10 Å². The molecular weight excluding hydrogens is 200 g/mol. The van der Waals surface area contributed by atoms with Crippen LogP contribution in [-0.4, -0.2) is 42.8 Å². The van der Waals surface area contributed by atoms with Crippen LogP contribution in [-0.2, 0) is 4.74 Å². The van der Waals surface area contributed by atoms with E-state index in [2.05, 4.69) is 18.7 Å². The summed E-state index contributed by atoms with van der Waals surface area (Å²) in [5.74, 6) is 0.953. The third kappa shape index (κ3) is 2.41. The molecule has 2 saturated carbocycles. The van der Waals surface area contributed by atoms with E-state index in [1.54, 1.807) is 0 Å². The molecule has 0 aliphatic heterocycles. The molecule has 0 unspecified atom stereocenters. The zero-order valence-corrected chi connectivity index (χ0v) is 10.7. The first kappa shape index (κ1) is 12.3. The van der Waals surface area contributed by atoms with Crippen LogP contribution in [0.2, 0.25) is 0 Å². The zero-order valence-electron chi connectivity index (χ0n) is 10.7. The quantitative estimate of drug-likeness (QED) is 0.717. The monoisotopic (exact) mass is 226 g/mol. The Bertz CT molecular complexity index is 222. The maximum absolute atomic E-state index is 6.00. The van der Waals surface area contributed by atoms with Crippen molar-refractivity contribution in [3.8, 4) is 0 Å². The fourth-order valence-electron chi connectivity index (χ4n) is 2.97. The van der Waals surface area contributed by atoms with Crippen molar-refractivity contribution in [2.45, 2.75) is 51.2 Å². The summed E-state index contributed by atoms with van der Waals surface area (Å²) < 4.78 is 5.67. The summed E-state index contributed by atoms with van der Waals surface area (Å²) >= 11 is 0. The average Bonchev–Trinajstić information content (AvgIpc) is 3.04. The molecule has 0 atom stereocenters. The molecule has 94 valence electrons. The molecule has 2 rings (SSSR count). The lowest BCUT2D eigenvalue weighted by Crippen LogP contribution is -2.64. The molecule has 2 fully saturated rings. The van der Waals surface area contributed by atoms with E-state index in [1.807, 2.05) is 0 Å². The molecule has 0 spiro atoms. The van der Waals surface area contributed by atoms with Crippen molar-refractivity contribution in [1.82, 2.24) is 4.90 Å². The topological polar surface area (TPSA) is 38.5 Å². The van der Waals surface area contributed by atoms with E-state index >= 15 is 0 Å². The largest absolute Gasteiger partial charge is 0.378 e. The molecule has 3 heteroatoms. The molecule has 0 amide bonds. The van der Waals surface area contributed by atoms with Gasteiger partial charge >= 0.3 is 0 Å². The molecule has 2 N–H and O–H groups in total. The maximum Gasteiger partial charge on any atom is 0.0611 e. The van der Waals surface area contributed by atoms with E-state index in [0.717, 1.165) is 38.5 Å². The predicted octanol–water partition coefficient (Wildman–Crippen LogP) is 1.61. The Morgan fingerprint density at radius 2 is 2.00 bits per heavy atom. The maximum atomic E-state index is 6.00. The summed E-state index contributed by atoms with van der Waals surface area (Å²) in [5, 5.41) is 0. The summed E-state index contributed by atoms with van der Waals surface area (Å²) in [6.07, 6.45) is 5.58. The molecular formula is C13H26N2O. The highest BCUT2D eigenvalue weighted by Crippen LogP contribution is 2.41. The molecule has 2 aliphatic carbocycles. The summed E-state index contributed by atoms with van der Waals surface area (Å²) in [5.41, 5.74) is 6.26. The van der Waals surface area contributed by atoms with Gasteiger partial charge in [0.15, 0.2) is 0 Å². The van der Waals surface area contributed by atoms with Crippen molar-refractivity contribution in [1.29, 1.82) is 0 Å². The Balaban J connectivity index is 1.87. The Hall–Kier alpha value is -0.120. The number of nitrogens with two attached hydrogens (primary N) is 1. The first-order valence-electron chi connectivity index (χ1n) is 6.80. The summed E-state index contributed by atoms with van der Waals surface area (Å²) in [6, 6.07) is 0. The number of rotatable bonds is 7.